The Bertz CT molecular complexity index is 336. The highest BCUT2D eigenvalue weighted by molar-refractivity contribution is 9.10. The van der Waals surface area contributed by atoms with Crippen molar-refractivity contribution in [1.29, 1.82) is 0 Å². The molecule has 0 spiro atoms. The Morgan fingerprint density at radius 1 is 1.54 bits per heavy atom. The van der Waals surface area contributed by atoms with Crippen LogP contribution < -0.4 is 0 Å². The summed E-state index contributed by atoms with van der Waals surface area (Å²) in [4.78, 5) is 10.3. The van der Waals surface area contributed by atoms with Crippen molar-refractivity contribution in [3.05, 3.63) is 34.1 Å². The maximum atomic E-state index is 13.4. The zero-order valence-electron chi connectivity index (χ0n) is 6.85. The van der Waals surface area contributed by atoms with Gasteiger partial charge in [-0.3, -0.25) is 4.79 Å². The Hall–Kier alpha value is -0.770. The van der Waals surface area contributed by atoms with Crippen LogP contribution in [0.3, 0.4) is 0 Å². The van der Waals surface area contributed by atoms with E-state index in [9.17, 15) is 13.6 Å². The van der Waals surface area contributed by atoms with E-state index < -0.39 is 11.5 Å². The molecule has 0 radical (unpaired) electrons. The molecule has 0 aliphatic heterocycles. The van der Waals surface area contributed by atoms with Crippen LogP contribution in [0.2, 0.25) is 0 Å². The molecular formula is C9H7BrF2O. The second-order valence-corrected chi connectivity index (χ2v) is 3.68. The number of aldehydes is 1. The van der Waals surface area contributed by atoms with Gasteiger partial charge in [-0.25, -0.2) is 8.78 Å². The molecule has 70 valence electrons. The fourth-order valence-corrected chi connectivity index (χ4v) is 1.25. The fourth-order valence-electron chi connectivity index (χ4n) is 0.868. The highest BCUT2D eigenvalue weighted by Crippen LogP contribution is 2.26. The molecule has 1 atom stereocenters. The summed E-state index contributed by atoms with van der Waals surface area (Å²) >= 11 is 2.91. The number of alkyl halides is 1. The zero-order valence-corrected chi connectivity index (χ0v) is 8.44. The van der Waals surface area contributed by atoms with Gasteiger partial charge in [-0.15, -0.1) is 0 Å². The van der Waals surface area contributed by atoms with Crippen molar-refractivity contribution < 1.29 is 13.6 Å². The minimum atomic E-state index is -2.06. The summed E-state index contributed by atoms with van der Waals surface area (Å²) in [5.74, 6) is -0.481. The van der Waals surface area contributed by atoms with Gasteiger partial charge in [0.05, 0.1) is 4.47 Å². The number of hydrogen-bond donors (Lipinski definition) is 0. The summed E-state index contributed by atoms with van der Waals surface area (Å²) in [6, 6.07) is 3.61. The molecule has 0 aliphatic carbocycles. The first-order valence-corrected chi connectivity index (χ1v) is 4.37. The maximum absolute atomic E-state index is 13.4. The van der Waals surface area contributed by atoms with Crippen LogP contribution in [-0.2, 0) is 10.5 Å². The summed E-state index contributed by atoms with van der Waals surface area (Å²) in [6.07, 6.45) is 0.187. The third-order valence-corrected chi connectivity index (χ3v) is 2.31. The van der Waals surface area contributed by atoms with E-state index in [1.54, 1.807) is 0 Å². The van der Waals surface area contributed by atoms with E-state index in [-0.39, 0.29) is 16.3 Å². The van der Waals surface area contributed by atoms with Gasteiger partial charge in [-0.05, 0) is 40.5 Å². The van der Waals surface area contributed by atoms with E-state index in [0.717, 1.165) is 13.0 Å². The molecule has 0 fully saturated rings. The second kappa shape index (κ2) is 3.54. The van der Waals surface area contributed by atoms with Crippen molar-refractivity contribution in [1.82, 2.24) is 0 Å². The minimum Gasteiger partial charge on any atom is -0.299 e. The van der Waals surface area contributed by atoms with Crippen molar-refractivity contribution in [2.24, 2.45) is 0 Å². The highest BCUT2D eigenvalue weighted by atomic mass is 79.9. The lowest BCUT2D eigenvalue weighted by atomic mass is 10.00. The number of rotatable bonds is 2. The van der Waals surface area contributed by atoms with E-state index in [4.69, 9.17) is 0 Å². The summed E-state index contributed by atoms with van der Waals surface area (Å²) in [7, 11) is 0. The van der Waals surface area contributed by atoms with E-state index in [1.807, 2.05) is 0 Å². The Morgan fingerprint density at radius 2 is 2.15 bits per heavy atom. The van der Waals surface area contributed by atoms with Gasteiger partial charge in [0.2, 0.25) is 0 Å². The smallest absolute Gasteiger partial charge is 0.188 e. The van der Waals surface area contributed by atoms with Gasteiger partial charge in [-0.2, -0.15) is 0 Å². The van der Waals surface area contributed by atoms with Gasteiger partial charge in [0, 0.05) is 0 Å². The molecule has 0 aromatic heterocycles. The van der Waals surface area contributed by atoms with Crippen LogP contribution in [-0.4, -0.2) is 6.29 Å². The quantitative estimate of drug-likeness (QED) is 0.736. The van der Waals surface area contributed by atoms with Crippen LogP contribution in [0.1, 0.15) is 12.5 Å². The Labute approximate surface area is 82.9 Å². The van der Waals surface area contributed by atoms with Crippen LogP contribution in [0.4, 0.5) is 8.78 Å². The molecule has 0 N–H and O–H groups in total. The van der Waals surface area contributed by atoms with Gasteiger partial charge < -0.3 is 0 Å². The van der Waals surface area contributed by atoms with Gasteiger partial charge in [0.15, 0.2) is 12.0 Å². The van der Waals surface area contributed by atoms with E-state index in [0.29, 0.717) is 0 Å². The topological polar surface area (TPSA) is 17.1 Å². The third-order valence-electron chi connectivity index (χ3n) is 1.71. The summed E-state index contributed by atoms with van der Waals surface area (Å²) in [5, 5.41) is 0. The molecule has 1 unspecified atom stereocenters. The number of halogens is 3. The Kier molecular flexibility index (Phi) is 2.81. The zero-order chi connectivity index (χ0) is 10.1. The molecule has 4 heteroatoms. The molecule has 0 amide bonds. The largest absolute Gasteiger partial charge is 0.299 e. The molecule has 1 aromatic carbocycles. The lowest BCUT2D eigenvalue weighted by molar-refractivity contribution is -0.117. The standard InChI is InChI=1S/C9H7BrF2O/c1-9(12,5-13)6-2-3-8(11)7(10)4-6/h2-5H,1H3. The molecule has 0 heterocycles. The molecule has 0 saturated heterocycles. The maximum Gasteiger partial charge on any atom is 0.188 e. The van der Waals surface area contributed by atoms with E-state index >= 15 is 0 Å². The van der Waals surface area contributed by atoms with Crippen LogP contribution >= 0.6 is 15.9 Å². The lowest BCUT2D eigenvalue weighted by Crippen LogP contribution is -2.16. The van der Waals surface area contributed by atoms with Crippen LogP contribution in [0.25, 0.3) is 0 Å². The average molecular weight is 249 g/mol. The molecular weight excluding hydrogens is 242 g/mol. The molecule has 1 rings (SSSR count). The monoisotopic (exact) mass is 248 g/mol. The second-order valence-electron chi connectivity index (χ2n) is 2.82. The first-order valence-electron chi connectivity index (χ1n) is 3.58. The summed E-state index contributed by atoms with van der Waals surface area (Å²) in [6.45, 7) is 1.12. The lowest BCUT2D eigenvalue weighted by Gasteiger charge is -2.13. The van der Waals surface area contributed by atoms with E-state index in [1.165, 1.54) is 12.1 Å². The first kappa shape index (κ1) is 10.3. The molecule has 0 aliphatic rings. The van der Waals surface area contributed by atoms with Crippen molar-refractivity contribution in [2.45, 2.75) is 12.6 Å². The molecule has 13 heavy (non-hydrogen) atoms. The van der Waals surface area contributed by atoms with Gasteiger partial charge in [0.25, 0.3) is 0 Å². The normalized spacial score (nSPS) is 15.1. The number of hydrogen-bond acceptors (Lipinski definition) is 1. The number of carbonyl (C=O) groups is 1. The number of carbonyl (C=O) groups excluding carboxylic acids is 1. The van der Waals surface area contributed by atoms with Crippen LogP contribution in [0, 0.1) is 5.82 Å². The first-order chi connectivity index (χ1) is 5.97. The number of benzene rings is 1. The van der Waals surface area contributed by atoms with Crippen molar-refractivity contribution in [2.75, 3.05) is 0 Å². The Balaban J connectivity index is 3.18. The minimum absolute atomic E-state index is 0.135. The average Bonchev–Trinajstić information content (AvgIpc) is 2.09. The Morgan fingerprint density at radius 3 is 2.62 bits per heavy atom. The van der Waals surface area contributed by atoms with Crippen molar-refractivity contribution in [3.63, 3.8) is 0 Å². The highest BCUT2D eigenvalue weighted by Gasteiger charge is 2.25. The van der Waals surface area contributed by atoms with Crippen LogP contribution in [0.15, 0.2) is 22.7 Å². The van der Waals surface area contributed by atoms with Crippen LogP contribution in [0.5, 0.6) is 0 Å². The van der Waals surface area contributed by atoms with Gasteiger partial charge in [-0.1, -0.05) is 6.07 Å². The van der Waals surface area contributed by atoms with Gasteiger partial charge in [0.1, 0.15) is 5.82 Å². The molecule has 1 aromatic rings. The van der Waals surface area contributed by atoms with E-state index in [2.05, 4.69) is 15.9 Å². The third kappa shape index (κ3) is 2.12. The van der Waals surface area contributed by atoms with Crippen molar-refractivity contribution in [3.8, 4) is 0 Å². The molecule has 0 bridgehead atoms. The van der Waals surface area contributed by atoms with Crippen molar-refractivity contribution >= 4 is 22.2 Å². The molecule has 0 saturated carbocycles. The summed E-state index contributed by atoms with van der Waals surface area (Å²) < 4.78 is 26.2. The molecule has 1 nitrogen and oxygen atoms in total. The van der Waals surface area contributed by atoms with Gasteiger partial charge >= 0.3 is 0 Å². The fraction of sp³-hybridized carbons (Fsp3) is 0.222. The summed E-state index contributed by atoms with van der Waals surface area (Å²) in [5.41, 5.74) is -1.92. The SMILES string of the molecule is CC(F)(C=O)c1ccc(F)c(Br)c1. The predicted octanol–water partition coefficient (Wildman–Crippen LogP) is 2.97. The predicted molar refractivity (Wildman–Crippen MR) is 48.6 cm³/mol.